The first-order chi connectivity index (χ1) is 8.79. The van der Waals surface area contributed by atoms with Crippen molar-refractivity contribution in [3.63, 3.8) is 0 Å². The van der Waals surface area contributed by atoms with Crippen molar-refractivity contribution in [2.24, 2.45) is 5.92 Å². The third-order valence-electron chi connectivity index (χ3n) is 3.99. The summed E-state index contributed by atoms with van der Waals surface area (Å²) in [4.78, 5) is 12.3. The molecule has 0 amide bonds. The van der Waals surface area contributed by atoms with E-state index >= 15 is 0 Å². The molecular formula is C17H24O. The lowest BCUT2D eigenvalue weighted by Crippen LogP contribution is -2.12. The van der Waals surface area contributed by atoms with E-state index in [0.717, 1.165) is 24.8 Å². The van der Waals surface area contributed by atoms with Crippen LogP contribution in [0.3, 0.4) is 0 Å². The lowest BCUT2D eigenvalue weighted by atomic mass is 9.84. The molecule has 0 unspecified atom stereocenters. The summed E-state index contributed by atoms with van der Waals surface area (Å²) < 4.78 is 0. The van der Waals surface area contributed by atoms with E-state index in [-0.39, 0.29) is 0 Å². The van der Waals surface area contributed by atoms with Gasteiger partial charge in [0.25, 0.3) is 0 Å². The van der Waals surface area contributed by atoms with Gasteiger partial charge in [-0.15, -0.1) is 0 Å². The van der Waals surface area contributed by atoms with Gasteiger partial charge >= 0.3 is 0 Å². The first-order valence-corrected chi connectivity index (χ1v) is 7.41. The maximum absolute atomic E-state index is 12.3. The van der Waals surface area contributed by atoms with Crippen LogP contribution in [0.15, 0.2) is 24.3 Å². The minimum atomic E-state index is 0.347. The zero-order valence-electron chi connectivity index (χ0n) is 11.5. The molecule has 0 N–H and O–H groups in total. The average molecular weight is 244 g/mol. The Balaban J connectivity index is 1.96. The Labute approximate surface area is 111 Å². The van der Waals surface area contributed by atoms with Crippen molar-refractivity contribution in [2.45, 2.75) is 58.3 Å². The molecule has 0 radical (unpaired) electrons. The SMILES string of the molecule is CCCc1cccc(C(=O)CC2CCCCC2)c1. The van der Waals surface area contributed by atoms with Gasteiger partial charge in [0.2, 0.25) is 0 Å². The van der Waals surface area contributed by atoms with Gasteiger partial charge in [-0.1, -0.05) is 63.6 Å². The zero-order valence-corrected chi connectivity index (χ0v) is 11.5. The number of Topliss-reactive ketones (excluding diaryl/α,β-unsaturated/α-hetero) is 1. The summed E-state index contributed by atoms with van der Waals surface area (Å²) >= 11 is 0. The quantitative estimate of drug-likeness (QED) is 0.680. The van der Waals surface area contributed by atoms with Gasteiger partial charge in [0, 0.05) is 12.0 Å². The van der Waals surface area contributed by atoms with Crippen molar-refractivity contribution in [2.75, 3.05) is 0 Å². The van der Waals surface area contributed by atoms with Gasteiger partial charge < -0.3 is 0 Å². The van der Waals surface area contributed by atoms with Crippen LogP contribution in [0.2, 0.25) is 0 Å². The summed E-state index contributed by atoms with van der Waals surface area (Å²) in [5, 5.41) is 0. The summed E-state index contributed by atoms with van der Waals surface area (Å²) in [5.74, 6) is 0.987. The monoisotopic (exact) mass is 244 g/mol. The molecule has 0 aromatic heterocycles. The molecule has 0 aliphatic heterocycles. The largest absolute Gasteiger partial charge is 0.294 e. The Kier molecular flexibility index (Phi) is 4.98. The van der Waals surface area contributed by atoms with Crippen LogP contribution in [0.1, 0.15) is 67.8 Å². The molecule has 0 atom stereocenters. The molecular weight excluding hydrogens is 220 g/mol. The molecule has 0 bridgehead atoms. The molecule has 0 heterocycles. The second kappa shape index (κ2) is 6.72. The number of hydrogen-bond donors (Lipinski definition) is 0. The number of carbonyl (C=O) groups is 1. The lowest BCUT2D eigenvalue weighted by Gasteiger charge is -2.20. The van der Waals surface area contributed by atoms with E-state index in [9.17, 15) is 4.79 Å². The van der Waals surface area contributed by atoms with Crippen LogP contribution in [0.25, 0.3) is 0 Å². The maximum Gasteiger partial charge on any atom is 0.163 e. The van der Waals surface area contributed by atoms with E-state index < -0.39 is 0 Å². The van der Waals surface area contributed by atoms with Crippen LogP contribution in [0, 0.1) is 5.92 Å². The highest BCUT2D eigenvalue weighted by Crippen LogP contribution is 2.27. The second-order valence-electron chi connectivity index (χ2n) is 5.58. The molecule has 0 spiro atoms. The molecule has 1 aromatic carbocycles. The summed E-state index contributed by atoms with van der Waals surface area (Å²) in [7, 11) is 0. The van der Waals surface area contributed by atoms with E-state index in [1.165, 1.54) is 37.7 Å². The Bertz CT molecular complexity index is 388. The molecule has 0 saturated heterocycles. The van der Waals surface area contributed by atoms with Crippen molar-refractivity contribution in [1.29, 1.82) is 0 Å². The van der Waals surface area contributed by atoms with E-state index in [4.69, 9.17) is 0 Å². The number of aryl methyl sites for hydroxylation is 1. The molecule has 1 heteroatoms. The van der Waals surface area contributed by atoms with Crippen molar-refractivity contribution in [3.05, 3.63) is 35.4 Å². The Hall–Kier alpha value is -1.11. The van der Waals surface area contributed by atoms with Crippen molar-refractivity contribution in [1.82, 2.24) is 0 Å². The van der Waals surface area contributed by atoms with Crippen molar-refractivity contribution < 1.29 is 4.79 Å². The fourth-order valence-electron chi connectivity index (χ4n) is 2.96. The van der Waals surface area contributed by atoms with E-state index in [0.29, 0.717) is 11.7 Å². The zero-order chi connectivity index (χ0) is 12.8. The highest BCUT2D eigenvalue weighted by Gasteiger charge is 2.17. The number of ketones is 1. The van der Waals surface area contributed by atoms with Crippen molar-refractivity contribution >= 4 is 5.78 Å². The molecule has 1 nitrogen and oxygen atoms in total. The molecule has 1 aliphatic rings. The number of benzene rings is 1. The van der Waals surface area contributed by atoms with Gasteiger partial charge in [0.05, 0.1) is 0 Å². The summed E-state index contributed by atoms with van der Waals surface area (Å²) in [6.45, 7) is 2.18. The minimum absolute atomic E-state index is 0.347. The van der Waals surface area contributed by atoms with Crippen LogP contribution < -0.4 is 0 Å². The fourth-order valence-corrected chi connectivity index (χ4v) is 2.96. The average Bonchev–Trinajstić information content (AvgIpc) is 2.40. The lowest BCUT2D eigenvalue weighted by molar-refractivity contribution is 0.0950. The normalized spacial score (nSPS) is 16.7. The van der Waals surface area contributed by atoms with Crippen LogP contribution in [-0.2, 0) is 6.42 Å². The third-order valence-corrected chi connectivity index (χ3v) is 3.99. The van der Waals surface area contributed by atoms with Gasteiger partial charge in [-0.05, 0) is 24.0 Å². The molecule has 1 aliphatic carbocycles. The van der Waals surface area contributed by atoms with E-state index in [1.54, 1.807) is 0 Å². The first-order valence-electron chi connectivity index (χ1n) is 7.41. The van der Waals surface area contributed by atoms with E-state index in [2.05, 4.69) is 19.1 Å². The smallest absolute Gasteiger partial charge is 0.163 e. The maximum atomic E-state index is 12.3. The first kappa shape index (κ1) is 13.3. The summed E-state index contributed by atoms with van der Waals surface area (Å²) in [5.41, 5.74) is 2.22. The summed E-state index contributed by atoms with van der Waals surface area (Å²) in [6, 6.07) is 8.22. The Morgan fingerprint density at radius 2 is 2.00 bits per heavy atom. The number of hydrogen-bond acceptors (Lipinski definition) is 1. The highest BCUT2D eigenvalue weighted by molar-refractivity contribution is 5.96. The van der Waals surface area contributed by atoms with Crippen LogP contribution in [0.5, 0.6) is 0 Å². The predicted octanol–water partition coefficient (Wildman–Crippen LogP) is 4.79. The van der Waals surface area contributed by atoms with Gasteiger partial charge in [-0.2, -0.15) is 0 Å². The highest BCUT2D eigenvalue weighted by atomic mass is 16.1. The van der Waals surface area contributed by atoms with Crippen LogP contribution in [-0.4, -0.2) is 5.78 Å². The molecule has 2 rings (SSSR count). The molecule has 98 valence electrons. The van der Waals surface area contributed by atoms with E-state index in [1.807, 2.05) is 12.1 Å². The summed E-state index contributed by atoms with van der Waals surface area (Å²) in [6.07, 6.45) is 9.46. The topological polar surface area (TPSA) is 17.1 Å². The third kappa shape index (κ3) is 3.69. The van der Waals surface area contributed by atoms with Crippen LogP contribution >= 0.6 is 0 Å². The van der Waals surface area contributed by atoms with Gasteiger partial charge in [-0.3, -0.25) is 4.79 Å². The number of carbonyl (C=O) groups excluding carboxylic acids is 1. The standard InChI is InChI=1S/C17H24O/c1-2-7-14-10-6-11-16(12-14)17(18)13-15-8-4-3-5-9-15/h6,10-12,15H,2-5,7-9,13H2,1H3. The van der Waals surface area contributed by atoms with Crippen LogP contribution in [0.4, 0.5) is 0 Å². The van der Waals surface area contributed by atoms with Gasteiger partial charge in [0.15, 0.2) is 5.78 Å². The Morgan fingerprint density at radius 1 is 1.22 bits per heavy atom. The predicted molar refractivity (Wildman–Crippen MR) is 76.0 cm³/mol. The fraction of sp³-hybridized carbons (Fsp3) is 0.588. The van der Waals surface area contributed by atoms with Crippen molar-refractivity contribution in [3.8, 4) is 0 Å². The number of rotatable bonds is 5. The molecule has 1 saturated carbocycles. The molecule has 1 fully saturated rings. The van der Waals surface area contributed by atoms with Gasteiger partial charge in [0.1, 0.15) is 0 Å². The molecule has 1 aromatic rings. The Morgan fingerprint density at radius 3 is 2.72 bits per heavy atom. The molecule has 18 heavy (non-hydrogen) atoms. The second-order valence-corrected chi connectivity index (χ2v) is 5.58. The minimum Gasteiger partial charge on any atom is -0.294 e. The van der Waals surface area contributed by atoms with Gasteiger partial charge in [-0.25, -0.2) is 0 Å².